The number of hydrogen-bond acceptors (Lipinski definition) is 4. The second kappa shape index (κ2) is 5.16. The molecule has 0 saturated heterocycles. The molecule has 0 aliphatic rings. The number of nitrogens with zero attached hydrogens (tertiary/aromatic N) is 2. The Kier molecular flexibility index (Phi) is 3.61. The highest BCUT2D eigenvalue weighted by Crippen LogP contribution is 2.22. The molecule has 0 aliphatic carbocycles. The van der Waals surface area contributed by atoms with E-state index in [0.29, 0.717) is 16.4 Å². The van der Waals surface area contributed by atoms with Gasteiger partial charge in [0.2, 0.25) is 0 Å². The van der Waals surface area contributed by atoms with Crippen LogP contribution in [0.4, 0.5) is 0 Å². The highest BCUT2D eigenvalue weighted by Gasteiger charge is 2.10. The fourth-order valence-corrected chi connectivity index (χ4v) is 2.26. The summed E-state index contributed by atoms with van der Waals surface area (Å²) in [4.78, 5) is 9.05. The van der Waals surface area contributed by atoms with Crippen LogP contribution in [0.3, 0.4) is 0 Å². The molecule has 17 heavy (non-hydrogen) atoms. The summed E-state index contributed by atoms with van der Waals surface area (Å²) in [6.45, 7) is -0.132. The van der Waals surface area contributed by atoms with Crippen molar-refractivity contribution in [2.75, 3.05) is 6.26 Å². The molecule has 0 aliphatic heterocycles. The molecule has 88 valence electrons. The lowest BCUT2D eigenvalue weighted by atomic mass is 10.2. The standard InChI is InChI=1S/C12H12N2O2S/c1-17(16)11-5-3-2-4-10(11)12-13-7-6-9(8-15)14-12/h2-7,15H,8H2,1H3. The fraction of sp³-hybridized carbons (Fsp3) is 0.167. The van der Waals surface area contributed by atoms with E-state index >= 15 is 0 Å². The highest BCUT2D eigenvalue weighted by molar-refractivity contribution is 7.84. The van der Waals surface area contributed by atoms with Gasteiger partial charge < -0.3 is 5.11 Å². The van der Waals surface area contributed by atoms with Crippen LogP contribution in [-0.2, 0) is 17.4 Å². The molecule has 0 spiro atoms. The predicted octanol–water partition coefficient (Wildman–Crippen LogP) is 1.37. The van der Waals surface area contributed by atoms with Gasteiger partial charge in [0.15, 0.2) is 5.82 Å². The second-order valence-electron chi connectivity index (χ2n) is 3.48. The van der Waals surface area contributed by atoms with E-state index in [-0.39, 0.29) is 6.61 Å². The molecule has 0 radical (unpaired) electrons. The molecule has 2 rings (SSSR count). The number of rotatable bonds is 3. The number of aliphatic hydroxyl groups excluding tert-OH is 1. The summed E-state index contributed by atoms with van der Waals surface area (Å²) in [6.07, 6.45) is 3.21. The maximum Gasteiger partial charge on any atom is 0.160 e. The molecule has 1 atom stereocenters. The Labute approximate surface area is 102 Å². The largest absolute Gasteiger partial charge is 0.390 e. The quantitative estimate of drug-likeness (QED) is 0.891. The summed E-state index contributed by atoms with van der Waals surface area (Å²) in [5.41, 5.74) is 1.29. The fourth-order valence-electron chi connectivity index (χ4n) is 1.52. The highest BCUT2D eigenvalue weighted by atomic mass is 32.2. The third kappa shape index (κ3) is 2.57. The average Bonchev–Trinajstić information content (AvgIpc) is 2.39. The third-order valence-corrected chi connectivity index (χ3v) is 3.29. The van der Waals surface area contributed by atoms with Crippen molar-refractivity contribution in [1.29, 1.82) is 0 Å². The van der Waals surface area contributed by atoms with Crippen LogP contribution in [0.15, 0.2) is 41.4 Å². The van der Waals surface area contributed by atoms with Gasteiger partial charge >= 0.3 is 0 Å². The van der Waals surface area contributed by atoms with Crippen molar-refractivity contribution < 1.29 is 9.32 Å². The zero-order valence-corrected chi connectivity index (χ0v) is 10.1. The van der Waals surface area contributed by atoms with E-state index in [2.05, 4.69) is 9.97 Å². The van der Waals surface area contributed by atoms with Gasteiger partial charge in [-0.25, -0.2) is 9.97 Å². The van der Waals surface area contributed by atoms with Crippen LogP contribution in [0.25, 0.3) is 11.4 Å². The van der Waals surface area contributed by atoms with E-state index in [1.165, 1.54) is 0 Å². The first-order chi connectivity index (χ1) is 8.22. The molecule has 0 amide bonds. The van der Waals surface area contributed by atoms with Crippen LogP contribution >= 0.6 is 0 Å². The van der Waals surface area contributed by atoms with Crippen LogP contribution in [0.5, 0.6) is 0 Å². The summed E-state index contributed by atoms with van der Waals surface area (Å²) >= 11 is 0. The van der Waals surface area contributed by atoms with Crippen molar-refractivity contribution in [2.45, 2.75) is 11.5 Å². The van der Waals surface area contributed by atoms with Gasteiger partial charge in [0.05, 0.1) is 23.1 Å². The maximum atomic E-state index is 11.6. The molecule has 0 bridgehead atoms. The van der Waals surface area contributed by atoms with Crippen molar-refractivity contribution in [1.82, 2.24) is 9.97 Å². The molecule has 0 fully saturated rings. The lowest BCUT2D eigenvalue weighted by molar-refractivity contribution is 0.277. The summed E-state index contributed by atoms with van der Waals surface area (Å²) in [5, 5.41) is 9.04. The molecule has 5 heteroatoms. The van der Waals surface area contributed by atoms with E-state index < -0.39 is 10.8 Å². The normalized spacial score (nSPS) is 12.4. The lowest BCUT2D eigenvalue weighted by Crippen LogP contribution is -1.98. The Hall–Kier alpha value is -1.59. The average molecular weight is 248 g/mol. The van der Waals surface area contributed by atoms with Gasteiger partial charge in [0.1, 0.15) is 0 Å². The zero-order valence-electron chi connectivity index (χ0n) is 9.33. The predicted molar refractivity (Wildman–Crippen MR) is 65.7 cm³/mol. The monoisotopic (exact) mass is 248 g/mol. The van der Waals surface area contributed by atoms with Crippen LogP contribution in [0.2, 0.25) is 0 Å². The topological polar surface area (TPSA) is 63.1 Å². The molecular formula is C12H12N2O2S. The Morgan fingerprint density at radius 1 is 1.29 bits per heavy atom. The van der Waals surface area contributed by atoms with Crippen LogP contribution in [0.1, 0.15) is 5.69 Å². The van der Waals surface area contributed by atoms with E-state index in [1.807, 2.05) is 18.2 Å². The molecule has 1 aromatic heterocycles. The minimum absolute atomic E-state index is 0.132. The Morgan fingerprint density at radius 3 is 2.76 bits per heavy atom. The van der Waals surface area contributed by atoms with Gasteiger partial charge in [-0.15, -0.1) is 0 Å². The zero-order chi connectivity index (χ0) is 12.3. The Morgan fingerprint density at radius 2 is 2.06 bits per heavy atom. The molecule has 0 saturated carbocycles. The minimum Gasteiger partial charge on any atom is -0.390 e. The van der Waals surface area contributed by atoms with Gasteiger partial charge in [0, 0.05) is 22.9 Å². The van der Waals surface area contributed by atoms with E-state index in [9.17, 15) is 4.21 Å². The molecule has 1 N–H and O–H groups in total. The van der Waals surface area contributed by atoms with Crippen molar-refractivity contribution in [3.8, 4) is 11.4 Å². The van der Waals surface area contributed by atoms with E-state index in [1.54, 1.807) is 24.6 Å². The first-order valence-corrected chi connectivity index (χ1v) is 6.64. The van der Waals surface area contributed by atoms with Crippen LogP contribution in [-0.4, -0.2) is 25.5 Å². The second-order valence-corrected chi connectivity index (χ2v) is 4.83. The summed E-state index contributed by atoms with van der Waals surface area (Å²) in [7, 11) is -1.09. The number of hydrogen-bond donors (Lipinski definition) is 1. The molecule has 1 unspecified atom stereocenters. The summed E-state index contributed by atoms with van der Waals surface area (Å²) < 4.78 is 11.6. The van der Waals surface area contributed by atoms with E-state index in [4.69, 9.17) is 5.11 Å². The van der Waals surface area contributed by atoms with Crippen LogP contribution < -0.4 is 0 Å². The van der Waals surface area contributed by atoms with Gasteiger partial charge in [-0.3, -0.25) is 4.21 Å². The third-order valence-electron chi connectivity index (χ3n) is 2.31. The molecular weight excluding hydrogens is 236 g/mol. The van der Waals surface area contributed by atoms with Crippen LogP contribution in [0, 0.1) is 0 Å². The Balaban J connectivity index is 2.56. The van der Waals surface area contributed by atoms with Gasteiger partial charge in [0.25, 0.3) is 0 Å². The smallest absolute Gasteiger partial charge is 0.160 e. The number of benzene rings is 1. The Bertz CT molecular complexity index is 558. The summed E-state index contributed by atoms with van der Waals surface area (Å²) in [6, 6.07) is 8.94. The molecule has 2 aromatic rings. The number of aliphatic hydroxyl groups is 1. The van der Waals surface area contributed by atoms with Gasteiger partial charge in [-0.2, -0.15) is 0 Å². The van der Waals surface area contributed by atoms with Crippen molar-refractivity contribution in [2.24, 2.45) is 0 Å². The van der Waals surface area contributed by atoms with Crippen molar-refractivity contribution in [3.63, 3.8) is 0 Å². The van der Waals surface area contributed by atoms with Crippen molar-refractivity contribution in [3.05, 3.63) is 42.2 Å². The summed E-state index contributed by atoms with van der Waals surface area (Å²) in [5.74, 6) is 0.488. The van der Waals surface area contributed by atoms with E-state index in [0.717, 1.165) is 5.56 Å². The molecule has 4 nitrogen and oxygen atoms in total. The van der Waals surface area contributed by atoms with Gasteiger partial charge in [-0.05, 0) is 18.2 Å². The number of aromatic nitrogens is 2. The maximum absolute atomic E-state index is 11.6. The van der Waals surface area contributed by atoms with Gasteiger partial charge in [-0.1, -0.05) is 12.1 Å². The molecule has 1 aromatic carbocycles. The van der Waals surface area contributed by atoms with Crippen molar-refractivity contribution >= 4 is 10.8 Å². The lowest BCUT2D eigenvalue weighted by Gasteiger charge is -2.06. The minimum atomic E-state index is -1.09. The first kappa shape index (κ1) is 11.9. The molecule has 1 heterocycles. The first-order valence-electron chi connectivity index (χ1n) is 5.08. The SMILES string of the molecule is CS(=O)c1ccccc1-c1nccc(CO)n1.